The minimum Gasteiger partial charge on any atom is -0.371 e. The van der Waals surface area contributed by atoms with Crippen LogP contribution in [0.15, 0.2) is 0 Å². The molecule has 0 unspecified atom stereocenters. The van der Waals surface area contributed by atoms with Crippen molar-refractivity contribution in [3.63, 3.8) is 0 Å². The molecule has 1 rings (SSSR count). The van der Waals surface area contributed by atoms with Crippen LogP contribution in [-0.2, 0) is 9.53 Å². The van der Waals surface area contributed by atoms with Crippen LogP contribution in [0.2, 0.25) is 0 Å². The Morgan fingerprint density at radius 1 is 1.64 bits per heavy atom. The number of amides is 1. The molecular formula is C8H15NO2. The van der Waals surface area contributed by atoms with Crippen molar-refractivity contribution >= 4 is 5.91 Å². The zero-order valence-corrected chi connectivity index (χ0v) is 7.31. The maximum atomic E-state index is 11.2. The van der Waals surface area contributed by atoms with E-state index in [1.165, 1.54) is 0 Å². The Morgan fingerprint density at radius 3 is 2.55 bits per heavy atom. The third kappa shape index (κ3) is 2.89. The highest BCUT2D eigenvalue weighted by atomic mass is 16.6. The summed E-state index contributed by atoms with van der Waals surface area (Å²) < 4.78 is 4.96. The summed E-state index contributed by atoms with van der Waals surface area (Å²) in [5.74, 6) is 0.0907. The largest absolute Gasteiger partial charge is 0.371 e. The average molecular weight is 157 g/mol. The first-order valence-corrected chi connectivity index (χ1v) is 3.90. The first-order chi connectivity index (χ1) is 5.00. The Kier molecular flexibility index (Phi) is 2.18. The maximum absolute atomic E-state index is 11.2. The maximum Gasteiger partial charge on any atom is 0.225 e. The van der Waals surface area contributed by atoms with Crippen LogP contribution in [0, 0.1) is 5.41 Å². The molecule has 3 nitrogen and oxygen atoms in total. The number of ether oxygens (including phenoxy) is 1. The van der Waals surface area contributed by atoms with E-state index in [2.05, 4.69) is 5.32 Å². The SMILES string of the molecule is CC(C)(C)C(=O)NC[C@H]1CO1. The fourth-order valence-corrected chi connectivity index (χ4v) is 0.658. The van der Waals surface area contributed by atoms with E-state index in [0.29, 0.717) is 6.54 Å². The molecule has 1 saturated heterocycles. The molecule has 1 atom stereocenters. The molecule has 0 saturated carbocycles. The number of carbonyl (C=O) groups is 1. The molecule has 0 aromatic rings. The molecule has 11 heavy (non-hydrogen) atoms. The summed E-state index contributed by atoms with van der Waals surface area (Å²) >= 11 is 0. The lowest BCUT2D eigenvalue weighted by Crippen LogP contribution is -2.36. The predicted octanol–water partition coefficient (Wildman–Crippen LogP) is 0.547. The number of carbonyl (C=O) groups excluding carboxylic acids is 1. The van der Waals surface area contributed by atoms with Crippen LogP contribution in [0.4, 0.5) is 0 Å². The van der Waals surface area contributed by atoms with Crippen molar-refractivity contribution in [1.82, 2.24) is 5.32 Å². The molecule has 64 valence electrons. The molecule has 0 aromatic heterocycles. The van der Waals surface area contributed by atoms with Crippen molar-refractivity contribution in [1.29, 1.82) is 0 Å². The van der Waals surface area contributed by atoms with Gasteiger partial charge in [-0.3, -0.25) is 4.79 Å². The minimum absolute atomic E-state index is 0.0907. The molecule has 1 heterocycles. The zero-order chi connectivity index (χ0) is 8.48. The highest BCUT2D eigenvalue weighted by Gasteiger charge is 2.26. The molecule has 0 spiro atoms. The summed E-state index contributed by atoms with van der Waals surface area (Å²) in [5.41, 5.74) is -0.283. The van der Waals surface area contributed by atoms with Gasteiger partial charge in [0.1, 0.15) is 0 Å². The van der Waals surface area contributed by atoms with Crippen LogP contribution in [0.25, 0.3) is 0 Å². The van der Waals surface area contributed by atoms with E-state index in [0.717, 1.165) is 6.61 Å². The van der Waals surface area contributed by atoms with Gasteiger partial charge in [0, 0.05) is 12.0 Å². The molecule has 0 aliphatic carbocycles. The summed E-state index contributed by atoms with van der Waals surface area (Å²) in [6, 6.07) is 0. The van der Waals surface area contributed by atoms with E-state index in [4.69, 9.17) is 4.74 Å². The Labute approximate surface area is 67.1 Å². The van der Waals surface area contributed by atoms with Gasteiger partial charge in [-0.25, -0.2) is 0 Å². The van der Waals surface area contributed by atoms with Crippen molar-refractivity contribution in [3.8, 4) is 0 Å². The van der Waals surface area contributed by atoms with E-state index >= 15 is 0 Å². The Morgan fingerprint density at radius 2 is 2.18 bits per heavy atom. The average Bonchev–Trinajstić information content (AvgIpc) is 2.62. The Bertz CT molecular complexity index is 156. The van der Waals surface area contributed by atoms with Crippen molar-refractivity contribution in [3.05, 3.63) is 0 Å². The summed E-state index contributed by atoms with van der Waals surface area (Å²) in [4.78, 5) is 11.2. The summed E-state index contributed by atoms with van der Waals surface area (Å²) in [5, 5.41) is 2.82. The number of epoxide rings is 1. The monoisotopic (exact) mass is 157 g/mol. The summed E-state index contributed by atoms with van der Waals surface area (Å²) in [7, 11) is 0. The van der Waals surface area contributed by atoms with Gasteiger partial charge in [0.05, 0.1) is 12.7 Å². The van der Waals surface area contributed by atoms with E-state index in [1.54, 1.807) is 0 Å². The minimum atomic E-state index is -0.283. The van der Waals surface area contributed by atoms with Gasteiger partial charge in [0.25, 0.3) is 0 Å². The number of hydrogen-bond acceptors (Lipinski definition) is 2. The molecule has 0 bridgehead atoms. The molecule has 1 fully saturated rings. The van der Waals surface area contributed by atoms with E-state index in [-0.39, 0.29) is 17.4 Å². The summed E-state index contributed by atoms with van der Waals surface area (Å²) in [6.45, 7) is 7.16. The van der Waals surface area contributed by atoms with Gasteiger partial charge in [-0.2, -0.15) is 0 Å². The molecule has 0 aromatic carbocycles. The Hall–Kier alpha value is -0.570. The van der Waals surface area contributed by atoms with Gasteiger partial charge in [0.2, 0.25) is 5.91 Å². The second-order valence-electron chi connectivity index (χ2n) is 3.92. The van der Waals surface area contributed by atoms with Crippen molar-refractivity contribution in [2.24, 2.45) is 5.41 Å². The van der Waals surface area contributed by atoms with E-state index < -0.39 is 0 Å². The molecule has 1 aliphatic heterocycles. The summed E-state index contributed by atoms with van der Waals surface area (Å²) in [6.07, 6.45) is 0.279. The quantitative estimate of drug-likeness (QED) is 0.595. The second-order valence-corrected chi connectivity index (χ2v) is 3.92. The van der Waals surface area contributed by atoms with Crippen LogP contribution in [0.5, 0.6) is 0 Å². The first kappa shape index (κ1) is 8.53. The number of hydrogen-bond donors (Lipinski definition) is 1. The fourth-order valence-electron chi connectivity index (χ4n) is 0.658. The van der Waals surface area contributed by atoms with Crippen molar-refractivity contribution in [2.75, 3.05) is 13.2 Å². The van der Waals surface area contributed by atoms with Crippen LogP contribution >= 0.6 is 0 Å². The van der Waals surface area contributed by atoms with Crippen molar-refractivity contribution < 1.29 is 9.53 Å². The molecule has 3 heteroatoms. The van der Waals surface area contributed by atoms with Gasteiger partial charge in [-0.05, 0) is 0 Å². The lowest BCUT2D eigenvalue weighted by molar-refractivity contribution is -0.128. The van der Waals surface area contributed by atoms with Crippen LogP contribution in [0.1, 0.15) is 20.8 Å². The lowest BCUT2D eigenvalue weighted by Gasteiger charge is -2.16. The normalized spacial score (nSPS) is 23.0. The lowest BCUT2D eigenvalue weighted by atomic mass is 9.96. The number of rotatable bonds is 2. The van der Waals surface area contributed by atoms with Crippen LogP contribution < -0.4 is 5.32 Å². The number of nitrogens with one attached hydrogen (secondary N) is 1. The predicted molar refractivity (Wildman–Crippen MR) is 42.2 cm³/mol. The smallest absolute Gasteiger partial charge is 0.225 e. The van der Waals surface area contributed by atoms with Crippen molar-refractivity contribution in [2.45, 2.75) is 26.9 Å². The van der Waals surface area contributed by atoms with E-state index in [9.17, 15) is 4.79 Å². The van der Waals surface area contributed by atoms with Gasteiger partial charge in [-0.15, -0.1) is 0 Å². The van der Waals surface area contributed by atoms with Gasteiger partial charge < -0.3 is 10.1 Å². The zero-order valence-electron chi connectivity index (χ0n) is 7.31. The fraction of sp³-hybridized carbons (Fsp3) is 0.875. The third-order valence-electron chi connectivity index (χ3n) is 1.57. The van der Waals surface area contributed by atoms with Gasteiger partial charge in [-0.1, -0.05) is 20.8 Å². The highest BCUT2D eigenvalue weighted by Crippen LogP contribution is 2.13. The molecule has 0 radical (unpaired) electrons. The highest BCUT2D eigenvalue weighted by molar-refractivity contribution is 5.81. The topological polar surface area (TPSA) is 41.6 Å². The van der Waals surface area contributed by atoms with Crippen LogP contribution in [-0.4, -0.2) is 25.2 Å². The van der Waals surface area contributed by atoms with Gasteiger partial charge >= 0.3 is 0 Å². The Balaban J connectivity index is 2.19. The first-order valence-electron chi connectivity index (χ1n) is 3.90. The molecule has 1 aliphatic rings. The standard InChI is InChI=1S/C8H15NO2/c1-8(2,3)7(10)9-4-6-5-11-6/h6H,4-5H2,1-3H3,(H,9,10)/t6-/m0/s1. The molecule has 1 amide bonds. The van der Waals surface area contributed by atoms with Gasteiger partial charge in [0.15, 0.2) is 0 Å². The van der Waals surface area contributed by atoms with Crippen LogP contribution in [0.3, 0.4) is 0 Å². The van der Waals surface area contributed by atoms with E-state index in [1.807, 2.05) is 20.8 Å². The third-order valence-corrected chi connectivity index (χ3v) is 1.57. The molecular weight excluding hydrogens is 142 g/mol. The molecule has 1 N–H and O–H groups in total. The second kappa shape index (κ2) is 2.81.